The maximum atomic E-state index is 13.3. The molecule has 0 N–H and O–H groups in total. The Morgan fingerprint density at radius 3 is 2.57 bits per heavy atom. The van der Waals surface area contributed by atoms with Gasteiger partial charge in [-0.15, -0.1) is 11.8 Å². The van der Waals surface area contributed by atoms with Crippen molar-refractivity contribution in [2.45, 2.75) is 44.2 Å². The SMILES string of the molecule is COc1cc2c(cc1OC)[C@@]13C(=C(SC)C(=O)N1CC2)CCC[C@H]3OC(C)=O. The Morgan fingerprint density at radius 1 is 1.21 bits per heavy atom. The van der Waals surface area contributed by atoms with Crippen molar-refractivity contribution in [1.29, 1.82) is 0 Å². The van der Waals surface area contributed by atoms with Crippen molar-refractivity contribution in [3.63, 3.8) is 0 Å². The summed E-state index contributed by atoms with van der Waals surface area (Å²) < 4.78 is 16.9. The van der Waals surface area contributed by atoms with Crippen LogP contribution in [0.2, 0.25) is 0 Å². The number of benzene rings is 1. The van der Waals surface area contributed by atoms with Gasteiger partial charge in [-0.1, -0.05) is 0 Å². The molecule has 7 heteroatoms. The number of methoxy groups -OCH3 is 2. The highest BCUT2D eigenvalue weighted by Gasteiger charge is 2.61. The second-order valence-corrected chi connectivity index (χ2v) is 8.16. The molecular formula is C21H25NO5S. The van der Waals surface area contributed by atoms with Gasteiger partial charge in [0.05, 0.1) is 19.1 Å². The maximum absolute atomic E-state index is 13.3. The van der Waals surface area contributed by atoms with E-state index in [2.05, 4.69) is 0 Å². The minimum absolute atomic E-state index is 0.0435. The van der Waals surface area contributed by atoms with Crippen molar-refractivity contribution in [3.05, 3.63) is 33.7 Å². The Balaban J connectivity index is 2.01. The summed E-state index contributed by atoms with van der Waals surface area (Å²) in [5.41, 5.74) is 2.44. The fourth-order valence-electron chi connectivity index (χ4n) is 5.12. The molecule has 0 unspecified atom stereocenters. The molecule has 0 aromatic heterocycles. The van der Waals surface area contributed by atoms with Gasteiger partial charge in [0.2, 0.25) is 0 Å². The minimum atomic E-state index is -0.744. The lowest BCUT2D eigenvalue weighted by molar-refractivity contribution is -0.160. The highest BCUT2D eigenvalue weighted by atomic mass is 32.2. The predicted octanol–water partition coefficient (Wildman–Crippen LogP) is 3.03. The number of thioether (sulfide) groups is 1. The molecule has 4 rings (SSSR count). The third-order valence-electron chi connectivity index (χ3n) is 6.10. The second kappa shape index (κ2) is 7.03. The quantitative estimate of drug-likeness (QED) is 0.720. The van der Waals surface area contributed by atoms with Gasteiger partial charge in [0, 0.05) is 13.5 Å². The molecule has 1 saturated carbocycles. The maximum Gasteiger partial charge on any atom is 0.303 e. The van der Waals surface area contributed by atoms with Gasteiger partial charge in [-0.25, -0.2) is 0 Å². The highest BCUT2D eigenvalue weighted by molar-refractivity contribution is 8.03. The van der Waals surface area contributed by atoms with Gasteiger partial charge in [0.1, 0.15) is 11.6 Å². The number of carbonyl (C=O) groups is 2. The van der Waals surface area contributed by atoms with Crippen molar-refractivity contribution in [2.75, 3.05) is 27.0 Å². The fraction of sp³-hybridized carbons (Fsp3) is 0.524. The number of esters is 1. The topological polar surface area (TPSA) is 65.1 Å². The zero-order valence-corrected chi connectivity index (χ0v) is 17.5. The van der Waals surface area contributed by atoms with Crippen LogP contribution < -0.4 is 9.47 Å². The van der Waals surface area contributed by atoms with E-state index in [4.69, 9.17) is 14.2 Å². The summed E-state index contributed by atoms with van der Waals surface area (Å²) in [7, 11) is 3.23. The van der Waals surface area contributed by atoms with Crippen LogP contribution in [0.25, 0.3) is 0 Å². The third-order valence-corrected chi connectivity index (χ3v) is 6.92. The lowest BCUT2D eigenvalue weighted by Gasteiger charge is -2.51. The zero-order valence-electron chi connectivity index (χ0n) is 16.7. The third kappa shape index (κ3) is 2.48. The molecule has 1 fully saturated rings. The van der Waals surface area contributed by atoms with E-state index < -0.39 is 11.6 Å². The van der Waals surface area contributed by atoms with Crippen LogP contribution in [0.3, 0.4) is 0 Å². The molecule has 150 valence electrons. The molecule has 3 aliphatic rings. The number of nitrogens with zero attached hydrogens (tertiary/aromatic N) is 1. The van der Waals surface area contributed by atoms with E-state index in [1.54, 1.807) is 14.2 Å². The van der Waals surface area contributed by atoms with Crippen LogP contribution in [0.1, 0.15) is 37.3 Å². The van der Waals surface area contributed by atoms with Gasteiger partial charge >= 0.3 is 5.97 Å². The van der Waals surface area contributed by atoms with E-state index >= 15 is 0 Å². The molecule has 2 aliphatic heterocycles. The molecule has 6 nitrogen and oxygen atoms in total. The summed E-state index contributed by atoms with van der Waals surface area (Å²) in [5.74, 6) is 1.01. The van der Waals surface area contributed by atoms with Gasteiger partial charge in [0.15, 0.2) is 11.5 Å². The molecule has 1 amide bonds. The number of fused-ring (bicyclic) bond motifs is 1. The number of ether oxygens (including phenoxy) is 3. The van der Waals surface area contributed by atoms with Crippen LogP contribution in [0.15, 0.2) is 22.6 Å². The van der Waals surface area contributed by atoms with Gasteiger partial charge in [0.25, 0.3) is 5.91 Å². The lowest BCUT2D eigenvalue weighted by atomic mass is 9.68. The van der Waals surface area contributed by atoms with Crippen molar-refractivity contribution in [2.24, 2.45) is 0 Å². The average Bonchev–Trinajstić information content (AvgIpc) is 2.95. The summed E-state index contributed by atoms with van der Waals surface area (Å²) in [6.07, 6.45) is 4.71. The summed E-state index contributed by atoms with van der Waals surface area (Å²) >= 11 is 1.49. The number of hydrogen-bond donors (Lipinski definition) is 0. The summed E-state index contributed by atoms with van der Waals surface area (Å²) in [6.45, 7) is 2.02. The van der Waals surface area contributed by atoms with Crippen molar-refractivity contribution in [3.8, 4) is 11.5 Å². The molecule has 2 atom stereocenters. The lowest BCUT2D eigenvalue weighted by Crippen LogP contribution is -2.59. The Kier molecular flexibility index (Phi) is 4.81. The predicted molar refractivity (Wildman–Crippen MR) is 107 cm³/mol. The average molecular weight is 404 g/mol. The van der Waals surface area contributed by atoms with Crippen LogP contribution in [-0.4, -0.2) is 49.9 Å². The Hall–Kier alpha value is -2.15. The van der Waals surface area contributed by atoms with E-state index in [0.29, 0.717) is 18.0 Å². The zero-order chi connectivity index (χ0) is 20.1. The van der Waals surface area contributed by atoms with Crippen LogP contribution in [-0.2, 0) is 26.3 Å². The fourth-order valence-corrected chi connectivity index (χ4v) is 5.91. The largest absolute Gasteiger partial charge is 0.493 e. The molecule has 28 heavy (non-hydrogen) atoms. The molecular weight excluding hydrogens is 378 g/mol. The van der Waals surface area contributed by atoms with Gasteiger partial charge in [-0.2, -0.15) is 0 Å². The molecule has 2 heterocycles. The van der Waals surface area contributed by atoms with Crippen LogP contribution in [0.5, 0.6) is 11.5 Å². The van der Waals surface area contributed by atoms with E-state index in [1.165, 1.54) is 18.7 Å². The first kappa shape index (κ1) is 19.2. The number of amides is 1. The molecule has 0 saturated heterocycles. The summed E-state index contributed by atoms with van der Waals surface area (Å²) in [6, 6.07) is 3.97. The van der Waals surface area contributed by atoms with Crippen LogP contribution in [0.4, 0.5) is 0 Å². The molecule has 1 aliphatic carbocycles. The van der Waals surface area contributed by atoms with E-state index in [9.17, 15) is 9.59 Å². The Bertz CT molecular complexity index is 880. The van der Waals surface area contributed by atoms with Crippen LogP contribution >= 0.6 is 11.8 Å². The highest BCUT2D eigenvalue weighted by Crippen LogP contribution is 2.58. The number of rotatable bonds is 4. The van der Waals surface area contributed by atoms with Crippen molar-refractivity contribution < 1.29 is 23.8 Å². The Morgan fingerprint density at radius 2 is 1.93 bits per heavy atom. The molecule has 0 bridgehead atoms. The van der Waals surface area contributed by atoms with E-state index in [1.807, 2.05) is 23.3 Å². The first-order chi connectivity index (χ1) is 13.5. The van der Waals surface area contributed by atoms with E-state index in [0.717, 1.165) is 47.3 Å². The minimum Gasteiger partial charge on any atom is -0.493 e. The van der Waals surface area contributed by atoms with Crippen molar-refractivity contribution in [1.82, 2.24) is 4.90 Å². The van der Waals surface area contributed by atoms with Gasteiger partial charge in [-0.05, 0) is 60.8 Å². The number of carbonyl (C=O) groups excluding carboxylic acids is 2. The molecule has 1 spiro atoms. The summed E-state index contributed by atoms with van der Waals surface area (Å²) in [5, 5.41) is 0. The smallest absolute Gasteiger partial charge is 0.303 e. The Labute approximate surface area is 169 Å². The first-order valence-electron chi connectivity index (χ1n) is 9.51. The summed E-state index contributed by atoms with van der Waals surface area (Å²) in [4.78, 5) is 28.0. The molecule has 1 aromatic carbocycles. The normalized spacial score (nSPS) is 25.8. The number of hydrogen-bond acceptors (Lipinski definition) is 6. The molecule has 1 aromatic rings. The monoisotopic (exact) mass is 403 g/mol. The van der Waals surface area contributed by atoms with Crippen LogP contribution in [0, 0.1) is 0 Å². The molecule has 0 radical (unpaired) electrons. The first-order valence-corrected chi connectivity index (χ1v) is 10.7. The van der Waals surface area contributed by atoms with Gasteiger partial charge < -0.3 is 19.1 Å². The standard InChI is InChI=1S/C21H25NO5S/c1-12(23)27-18-7-5-6-14-19(28-4)20(24)22-9-8-13-10-16(25-2)17(26-3)11-15(13)21(14,18)22/h10-11,18H,5-9H2,1-4H3/t18-,21-/m1/s1. The van der Waals surface area contributed by atoms with E-state index in [-0.39, 0.29) is 11.9 Å². The second-order valence-electron chi connectivity index (χ2n) is 7.34. The van der Waals surface area contributed by atoms with Gasteiger partial charge in [-0.3, -0.25) is 9.59 Å². The van der Waals surface area contributed by atoms with Crippen molar-refractivity contribution >= 4 is 23.6 Å².